The number of nitriles is 1. The number of carbonyl (C=O) groups is 1. The molecule has 7 heteroatoms. The van der Waals surface area contributed by atoms with Gasteiger partial charge in [0.05, 0.1) is 20.1 Å². The molecule has 26 heavy (non-hydrogen) atoms. The Morgan fingerprint density at radius 1 is 1.35 bits per heavy atom. The molecule has 1 aromatic carbocycles. The quantitative estimate of drug-likeness (QED) is 0.817. The zero-order valence-electron chi connectivity index (χ0n) is 14.6. The van der Waals surface area contributed by atoms with Crippen LogP contribution >= 0.6 is 0 Å². The van der Waals surface area contributed by atoms with Crippen molar-refractivity contribution in [2.24, 2.45) is 0 Å². The van der Waals surface area contributed by atoms with E-state index in [1.165, 1.54) is 12.4 Å². The van der Waals surface area contributed by atoms with Gasteiger partial charge in [0.2, 0.25) is 11.6 Å². The van der Waals surface area contributed by atoms with Crippen LogP contribution in [0.15, 0.2) is 36.7 Å². The normalized spacial score (nSPS) is 16.6. The number of para-hydroxylation sites is 1. The molecule has 0 radical (unpaired) electrons. The van der Waals surface area contributed by atoms with Crippen LogP contribution in [-0.2, 0) is 11.2 Å². The summed E-state index contributed by atoms with van der Waals surface area (Å²) in [6, 6.07) is 9.49. The molecule has 0 aliphatic carbocycles. The van der Waals surface area contributed by atoms with Gasteiger partial charge in [0.1, 0.15) is 17.9 Å². The number of nitrogens with zero attached hydrogens (tertiary/aromatic N) is 4. The Labute approximate surface area is 152 Å². The maximum atomic E-state index is 12.7. The Morgan fingerprint density at radius 2 is 2.15 bits per heavy atom. The summed E-state index contributed by atoms with van der Waals surface area (Å²) in [6.45, 7) is 1.16. The highest BCUT2D eigenvalue weighted by Gasteiger charge is 2.26. The molecule has 2 heterocycles. The molecule has 7 nitrogen and oxygen atoms in total. The number of aromatic nitrogens is 2. The lowest BCUT2D eigenvalue weighted by Crippen LogP contribution is -2.45. The molecule has 1 fully saturated rings. The van der Waals surface area contributed by atoms with Gasteiger partial charge >= 0.3 is 0 Å². The summed E-state index contributed by atoms with van der Waals surface area (Å²) in [5, 5.41) is 9.09. The Hall–Kier alpha value is -3.14. The third-order valence-electron chi connectivity index (χ3n) is 4.31. The number of hydrogen-bond acceptors (Lipinski definition) is 6. The van der Waals surface area contributed by atoms with Crippen molar-refractivity contribution in [1.29, 1.82) is 5.26 Å². The third kappa shape index (κ3) is 4.09. The van der Waals surface area contributed by atoms with Crippen molar-refractivity contribution in [3.63, 3.8) is 0 Å². The van der Waals surface area contributed by atoms with Crippen LogP contribution in [0.4, 0.5) is 0 Å². The predicted octanol–water partition coefficient (Wildman–Crippen LogP) is 1.97. The van der Waals surface area contributed by atoms with Crippen molar-refractivity contribution in [1.82, 2.24) is 14.9 Å². The zero-order valence-corrected chi connectivity index (χ0v) is 14.6. The summed E-state index contributed by atoms with van der Waals surface area (Å²) in [6.07, 6.45) is 4.67. The summed E-state index contributed by atoms with van der Waals surface area (Å²) in [5.74, 6) is 0.963. The Balaban J connectivity index is 1.64. The van der Waals surface area contributed by atoms with E-state index in [0.717, 1.165) is 18.4 Å². The van der Waals surface area contributed by atoms with Crippen LogP contribution in [-0.4, -0.2) is 47.1 Å². The maximum absolute atomic E-state index is 12.7. The minimum atomic E-state index is -0.200. The van der Waals surface area contributed by atoms with Crippen LogP contribution in [0.2, 0.25) is 0 Å². The molecule has 0 saturated carbocycles. The van der Waals surface area contributed by atoms with Crippen LogP contribution in [0.25, 0.3) is 0 Å². The second kappa shape index (κ2) is 8.30. The lowest BCUT2D eigenvalue weighted by atomic mass is 10.1. The first kappa shape index (κ1) is 17.7. The number of rotatable bonds is 5. The average Bonchev–Trinajstić information content (AvgIpc) is 2.69. The molecule has 1 atom stereocenters. The number of amides is 1. The first-order valence-electron chi connectivity index (χ1n) is 8.48. The van der Waals surface area contributed by atoms with Gasteiger partial charge in [-0.05, 0) is 18.9 Å². The van der Waals surface area contributed by atoms with Crippen molar-refractivity contribution in [3.8, 4) is 17.7 Å². The molecule has 3 rings (SSSR count). The molecule has 134 valence electrons. The van der Waals surface area contributed by atoms with E-state index in [-0.39, 0.29) is 30.0 Å². The Kier molecular flexibility index (Phi) is 5.64. The summed E-state index contributed by atoms with van der Waals surface area (Å²) in [4.78, 5) is 22.5. The highest BCUT2D eigenvalue weighted by Crippen LogP contribution is 2.22. The molecule has 1 amide bonds. The van der Waals surface area contributed by atoms with Gasteiger partial charge in [-0.15, -0.1) is 0 Å². The van der Waals surface area contributed by atoms with Gasteiger partial charge in [-0.3, -0.25) is 4.79 Å². The minimum Gasteiger partial charge on any atom is -0.496 e. The molecule has 0 bridgehead atoms. The standard InChI is InChI=1S/C19H20N4O3/c1-25-17-7-3-2-5-14(17)11-18(24)23-10-4-6-15(13-23)26-19-16(12-20)21-8-9-22-19/h2-3,5,7-9,15H,4,6,10-11,13H2,1H3. The van der Waals surface area contributed by atoms with E-state index < -0.39 is 0 Å². The lowest BCUT2D eigenvalue weighted by Gasteiger charge is -2.32. The SMILES string of the molecule is COc1ccccc1CC(=O)N1CCCC(Oc2nccnc2C#N)C1. The predicted molar refractivity (Wildman–Crippen MR) is 93.7 cm³/mol. The lowest BCUT2D eigenvalue weighted by molar-refractivity contribution is -0.133. The molecule has 2 aromatic rings. The van der Waals surface area contributed by atoms with Gasteiger partial charge in [0.25, 0.3) is 5.88 Å². The second-order valence-corrected chi connectivity index (χ2v) is 6.03. The van der Waals surface area contributed by atoms with Crippen molar-refractivity contribution in [3.05, 3.63) is 47.9 Å². The number of hydrogen-bond donors (Lipinski definition) is 0. The van der Waals surface area contributed by atoms with E-state index in [4.69, 9.17) is 14.7 Å². The monoisotopic (exact) mass is 352 g/mol. The highest BCUT2D eigenvalue weighted by molar-refractivity contribution is 5.79. The molecule has 0 N–H and O–H groups in total. The van der Waals surface area contributed by atoms with Gasteiger partial charge in [0, 0.05) is 24.5 Å². The van der Waals surface area contributed by atoms with Crippen molar-refractivity contribution >= 4 is 5.91 Å². The van der Waals surface area contributed by atoms with Crippen molar-refractivity contribution in [2.75, 3.05) is 20.2 Å². The van der Waals surface area contributed by atoms with Gasteiger partial charge in [0.15, 0.2) is 0 Å². The molecule has 0 spiro atoms. The summed E-state index contributed by atoms with van der Waals surface area (Å²) >= 11 is 0. The molecule has 1 saturated heterocycles. The number of likely N-dealkylation sites (tertiary alicyclic amines) is 1. The molecule has 1 aromatic heterocycles. The van der Waals surface area contributed by atoms with Gasteiger partial charge < -0.3 is 14.4 Å². The zero-order chi connectivity index (χ0) is 18.4. The maximum Gasteiger partial charge on any atom is 0.251 e. The smallest absolute Gasteiger partial charge is 0.251 e. The van der Waals surface area contributed by atoms with E-state index in [1.807, 2.05) is 30.3 Å². The van der Waals surface area contributed by atoms with Crippen LogP contribution in [0.3, 0.4) is 0 Å². The first-order chi connectivity index (χ1) is 12.7. The van der Waals surface area contributed by atoms with Crippen LogP contribution in [0.1, 0.15) is 24.1 Å². The number of piperidine rings is 1. The molecule has 1 aliphatic rings. The van der Waals surface area contributed by atoms with Crippen molar-refractivity contribution in [2.45, 2.75) is 25.4 Å². The fourth-order valence-corrected chi connectivity index (χ4v) is 3.03. The van der Waals surface area contributed by atoms with E-state index in [0.29, 0.717) is 18.8 Å². The van der Waals surface area contributed by atoms with Gasteiger partial charge in [-0.25, -0.2) is 9.97 Å². The van der Waals surface area contributed by atoms with E-state index >= 15 is 0 Å². The fourth-order valence-electron chi connectivity index (χ4n) is 3.03. The van der Waals surface area contributed by atoms with Gasteiger partial charge in [-0.2, -0.15) is 5.26 Å². The highest BCUT2D eigenvalue weighted by atomic mass is 16.5. The van der Waals surface area contributed by atoms with E-state index in [9.17, 15) is 4.79 Å². The molecule has 1 aliphatic heterocycles. The summed E-state index contributed by atoms with van der Waals surface area (Å²) < 4.78 is 11.2. The Bertz CT molecular complexity index is 818. The Morgan fingerprint density at radius 3 is 2.96 bits per heavy atom. The number of benzene rings is 1. The van der Waals surface area contributed by atoms with Crippen LogP contribution in [0.5, 0.6) is 11.6 Å². The number of ether oxygens (including phenoxy) is 2. The molecule has 1 unspecified atom stereocenters. The first-order valence-corrected chi connectivity index (χ1v) is 8.48. The largest absolute Gasteiger partial charge is 0.496 e. The molecular weight excluding hydrogens is 332 g/mol. The molecular formula is C19H20N4O3. The van der Waals surface area contributed by atoms with Crippen molar-refractivity contribution < 1.29 is 14.3 Å². The van der Waals surface area contributed by atoms with E-state index in [2.05, 4.69) is 9.97 Å². The number of methoxy groups -OCH3 is 1. The minimum absolute atomic E-state index is 0.0300. The van der Waals surface area contributed by atoms with Gasteiger partial charge in [-0.1, -0.05) is 18.2 Å². The van der Waals surface area contributed by atoms with E-state index in [1.54, 1.807) is 12.0 Å². The topological polar surface area (TPSA) is 88.3 Å². The third-order valence-corrected chi connectivity index (χ3v) is 4.31. The van der Waals surface area contributed by atoms with Crippen LogP contribution < -0.4 is 9.47 Å². The second-order valence-electron chi connectivity index (χ2n) is 6.03. The number of carbonyl (C=O) groups excluding carboxylic acids is 1. The fraction of sp³-hybridized carbons (Fsp3) is 0.368. The van der Waals surface area contributed by atoms with Crippen LogP contribution in [0, 0.1) is 11.3 Å². The summed E-state index contributed by atoms with van der Waals surface area (Å²) in [7, 11) is 1.60. The average molecular weight is 352 g/mol. The summed E-state index contributed by atoms with van der Waals surface area (Å²) in [5.41, 5.74) is 1.02.